The minimum absolute atomic E-state index is 0.244. The number of halogens is 1. The third kappa shape index (κ3) is 6.00. The molecule has 0 bridgehead atoms. The van der Waals surface area contributed by atoms with Crippen LogP contribution in [0.1, 0.15) is 30.9 Å². The highest BCUT2D eigenvalue weighted by molar-refractivity contribution is 5.42. The number of ether oxygens (including phenoxy) is 2. The fraction of sp³-hybridized carbons (Fsp3) is 0.429. The van der Waals surface area contributed by atoms with Crippen LogP contribution in [0.15, 0.2) is 42.5 Å². The van der Waals surface area contributed by atoms with Gasteiger partial charge in [0.25, 0.3) is 0 Å². The van der Waals surface area contributed by atoms with E-state index in [1.165, 1.54) is 12.1 Å². The number of hydrogen-bond acceptors (Lipinski definition) is 4. The van der Waals surface area contributed by atoms with Crippen LogP contribution in [0.25, 0.3) is 0 Å². The second kappa shape index (κ2) is 10.1. The Morgan fingerprint density at radius 3 is 2.19 bits per heavy atom. The van der Waals surface area contributed by atoms with Gasteiger partial charge in [-0.3, -0.25) is 4.90 Å². The molecule has 0 radical (unpaired) electrons. The summed E-state index contributed by atoms with van der Waals surface area (Å²) in [6.45, 7) is 3.90. The van der Waals surface area contributed by atoms with E-state index in [4.69, 9.17) is 9.47 Å². The Labute approximate surface area is 155 Å². The number of aliphatic hydroxyl groups is 1. The van der Waals surface area contributed by atoms with Crippen LogP contribution in [0.4, 0.5) is 4.39 Å². The Morgan fingerprint density at radius 1 is 0.962 bits per heavy atom. The molecule has 0 aromatic heterocycles. The molecule has 0 amide bonds. The summed E-state index contributed by atoms with van der Waals surface area (Å²) in [5.74, 6) is 1.12. The van der Waals surface area contributed by atoms with Gasteiger partial charge in [-0.1, -0.05) is 31.5 Å². The van der Waals surface area contributed by atoms with Crippen molar-refractivity contribution < 1.29 is 19.0 Å². The van der Waals surface area contributed by atoms with Crippen LogP contribution >= 0.6 is 0 Å². The van der Waals surface area contributed by atoms with Crippen LogP contribution in [0.5, 0.6) is 11.5 Å². The molecule has 1 N–H and O–H groups in total. The van der Waals surface area contributed by atoms with Gasteiger partial charge in [0, 0.05) is 19.6 Å². The highest BCUT2D eigenvalue weighted by Crippen LogP contribution is 2.28. The monoisotopic (exact) mass is 361 g/mol. The predicted octanol–water partition coefficient (Wildman–Crippen LogP) is 4.01. The minimum atomic E-state index is -0.388. The molecule has 2 rings (SSSR count). The topological polar surface area (TPSA) is 41.9 Å². The molecule has 1 atom stereocenters. The average molecular weight is 361 g/mol. The first-order valence-corrected chi connectivity index (χ1v) is 8.91. The lowest BCUT2D eigenvalue weighted by molar-refractivity contribution is 0.0970. The largest absolute Gasteiger partial charge is 0.493 e. The molecule has 142 valence electrons. The molecule has 0 aliphatic carbocycles. The van der Waals surface area contributed by atoms with Crippen molar-refractivity contribution >= 4 is 0 Å². The zero-order valence-electron chi connectivity index (χ0n) is 15.7. The lowest BCUT2D eigenvalue weighted by Crippen LogP contribution is -2.31. The van der Waals surface area contributed by atoms with E-state index in [1.807, 2.05) is 18.2 Å². The first-order chi connectivity index (χ1) is 12.5. The highest BCUT2D eigenvalue weighted by atomic mass is 19.1. The van der Waals surface area contributed by atoms with Crippen molar-refractivity contribution in [2.45, 2.75) is 39.0 Å². The summed E-state index contributed by atoms with van der Waals surface area (Å²) in [5, 5.41) is 10.3. The molecule has 0 aliphatic rings. The Bertz CT molecular complexity index is 675. The van der Waals surface area contributed by atoms with Crippen molar-refractivity contribution in [2.75, 3.05) is 20.8 Å². The van der Waals surface area contributed by atoms with Gasteiger partial charge >= 0.3 is 0 Å². The van der Waals surface area contributed by atoms with E-state index < -0.39 is 0 Å². The quantitative estimate of drug-likeness (QED) is 0.694. The maximum Gasteiger partial charge on any atom is 0.161 e. The van der Waals surface area contributed by atoms with Crippen LogP contribution in [0.2, 0.25) is 0 Å². The normalized spacial score (nSPS) is 12.2. The molecule has 0 unspecified atom stereocenters. The molecule has 26 heavy (non-hydrogen) atoms. The number of hydrogen-bond donors (Lipinski definition) is 1. The summed E-state index contributed by atoms with van der Waals surface area (Å²) < 4.78 is 23.8. The maximum absolute atomic E-state index is 13.2. The van der Waals surface area contributed by atoms with Crippen LogP contribution in [0, 0.1) is 5.82 Å². The van der Waals surface area contributed by atoms with Gasteiger partial charge in [-0.15, -0.1) is 0 Å². The summed E-state index contributed by atoms with van der Waals surface area (Å²) in [6.07, 6.45) is 1.30. The van der Waals surface area contributed by atoms with Gasteiger partial charge in [0.05, 0.1) is 20.3 Å². The zero-order chi connectivity index (χ0) is 18.9. The number of benzene rings is 2. The molecule has 5 heteroatoms. The Morgan fingerprint density at radius 2 is 1.58 bits per heavy atom. The van der Waals surface area contributed by atoms with Gasteiger partial charge in [-0.2, -0.15) is 0 Å². The van der Waals surface area contributed by atoms with Gasteiger partial charge in [0.1, 0.15) is 5.82 Å². The molecular weight excluding hydrogens is 333 g/mol. The lowest BCUT2D eigenvalue weighted by Gasteiger charge is -2.25. The van der Waals surface area contributed by atoms with E-state index in [-0.39, 0.29) is 11.9 Å². The summed E-state index contributed by atoms with van der Waals surface area (Å²) in [6, 6.07) is 12.3. The summed E-state index contributed by atoms with van der Waals surface area (Å²) >= 11 is 0. The van der Waals surface area contributed by atoms with E-state index in [0.717, 1.165) is 24.0 Å². The first kappa shape index (κ1) is 20.2. The highest BCUT2D eigenvalue weighted by Gasteiger charge is 2.14. The predicted molar refractivity (Wildman–Crippen MR) is 101 cm³/mol. The minimum Gasteiger partial charge on any atom is -0.493 e. The molecule has 0 saturated heterocycles. The molecule has 2 aromatic rings. The van der Waals surface area contributed by atoms with E-state index in [0.29, 0.717) is 31.1 Å². The van der Waals surface area contributed by atoms with Crippen molar-refractivity contribution in [1.82, 2.24) is 4.90 Å². The molecule has 0 saturated carbocycles. The van der Waals surface area contributed by atoms with Crippen molar-refractivity contribution in [3.63, 3.8) is 0 Å². The van der Waals surface area contributed by atoms with Crippen molar-refractivity contribution in [1.29, 1.82) is 0 Å². The second-order valence-corrected chi connectivity index (χ2v) is 6.43. The fourth-order valence-corrected chi connectivity index (χ4v) is 2.99. The van der Waals surface area contributed by atoms with E-state index in [2.05, 4.69) is 11.8 Å². The SMILES string of the molecule is CCC[C@@H](O)CN(Cc1ccc(F)cc1)Cc1ccc(OC)c(OC)c1. The maximum atomic E-state index is 13.2. The number of nitrogens with zero attached hydrogens (tertiary/aromatic N) is 1. The van der Waals surface area contributed by atoms with Crippen molar-refractivity contribution in [3.05, 3.63) is 59.4 Å². The van der Waals surface area contributed by atoms with Gasteiger partial charge < -0.3 is 14.6 Å². The van der Waals surface area contributed by atoms with Crippen LogP contribution in [-0.2, 0) is 13.1 Å². The lowest BCUT2D eigenvalue weighted by atomic mass is 10.1. The standard InChI is InChI=1S/C21H28FNO3/c1-4-5-19(24)15-23(13-16-6-9-18(22)10-7-16)14-17-8-11-20(25-2)21(12-17)26-3/h6-12,19,24H,4-5,13-15H2,1-3H3/t19-/m1/s1. The van der Waals surface area contributed by atoms with Crippen LogP contribution < -0.4 is 9.47 Å². The van der Waals surface area contributed by atoms with Gasteiger partial charge in [0.2, 0.25) is 0 Å². The van der Waals surface area contributed by atoms with Gasteiger partial charge in [0.15, 0.2) is 11.5 Å². The molecular formula is C21H28FNO3. The molecule has 2 aromatic carbocycles. The van der Waals surface area contributed by atoms with Gasteiger partial charge in [-0.05, 0) is 41.8 Å². The molecule has 0 heterocycles. The number of rotatable bonds is 10. The molecule has 4 nitrogen and oxygen atoms in total. The van der Waals surface area contributed by atoms with E-state index >= 15 is 0 Å². The summed E-state index contributed by atoms with van der Waals surface area (Å²) in [7, 11) is 3.22. The van der Waals surface area contributed by atoms with E-state index in [1.54, 1.807) is 26.4 Å². The Hall–Kier alpha value is -2.11. The first-order valence-electron chi connectivity index (χ1n) is 8.91. The number of aliphatic hydroxyl groups excluding tert-OH is 1. The molecule has 0 fully saturated rings. The Kier molecular flexibility index (Phi) is 7.88. The molecule has 0 spiro atoms. The Balaban J connectivity index is 2.15. The molecule has 0 aliphatic heterocycles. The average Bonchev–Trinajstić information content (AvgIpc) is 2.63. The summed E-state index contributed by atoms with van der Waals surface area (Å²) in [5.41, 5.74) is 2.07. The smallest absolute Gasteiger partial charge is 0.161 e. The van der Waals surface area contributed by atoms with Gasteiger partial charge in [-0.25, -0.2) is 4.39 Å². The second-order valence-electron chi connectivity index (χ2n) is 6.43. The summed E-state index contributed by atoms with van der Waals surface area (Å²) in [4.78, 5) is 2.16. The number of methoxy groups -OCH3 is 2. The van der Waals surface area contributed by atoms with Crippen molar-refractivity contribution in [2.24, 2.45) is 0 Å². The zero-order valence-corrected chi connectivity index (χ0v) is 15.7. The van der Waals surface area contributed by atoms with Crippen molar-refractivity contribution in [3.8, 4) is 11.5 Å². The van der Waals surface area contributed by atoms with E-state index in [9.17, 15) is 9.50 Å². The van der Waals surface area contributed by atoms with Crippen LogP contribution in [-0.4, -0.2) is 36.9 Å². The third-order valence-electron chi connectivity index (χ3n) is 4.26. The fourth-order valence-electron chi connectivity index (χ4n) is 2.99. The third-order valence-corrected chi connectivity index (χ3v) is 4.26. The van der Waals surface area contributed by atoms with Crippen LogP contribution in [0.3, 0.4) is 0 Å².